The van der Waals surface area contributed by atoms with Crippen molar-refractivity contribution in [3.05, 3.63) is 35.4 Å². The Hall–Kier alpha value is -1.10. The molecule has 0 fully saturated rings. The summed E-state index contributed by atoms with van der Waals surface area (Å²) in [4.78, 5) is 0. The summed E-state index contributed by atoms with van der Waals surface area (Å²) in [5.74, 6) is 0. The summed E-state index contributed by atoms with van der Waals surface area (Å²) in [5.41, 5.74) is -0.673. The third kappa shape index (κ3) is 2.45. The molecule has 0 unspecified atom stereocenters. The Bertz CT molecular complexity index is 291. The normalized spacial score (nSPS) is 14.1. The van der Waals surface area contributed by atoms with Gasteiger partial charge < -0.3 is 5.11 Å². The van der Waals surface area contributed by atoms with Crippen LogP contribution in [0, 0.1) is 0 Å². The molecule has 5 heteroatoms. The van der Waals surface area contributed by atoms with Gasteiger partial charge in [-0.05, 0) is 17.7 Å². The summed E-state index contributed by atoms with van der Waals surface area (Å²) in [7, 11) is 0. The van der Waals surface area contributed by atoms with Crippen LogP contribution in [-0.4, -0.2) is 11.8 Å². The largest absolute Gasteiger partial charge is 0.416 e. The number of aliphatic hydroxyl groups is 1. The van der Waals surface area contributed by atoms with Crippen molar-refractivity contribution in [3.63, 3.8) is 0 Å². The molecule has 0 aliphatic rings. The van der Waals surface area contributed by atoms with Gasteiger partial charge in [-0.15, -0.1) is 0 Å². The first-order chi connectivity index (χ1) is 6.45. The van der Waals surface area contributed by atoms with Gasteiger partial charge >= 0.3 is 6.18 Å². The standard InChI is InChI=1S/C9H8F4O/c10-5-8(14)6-1-3-7(4-2-6)9(11,12)13/h1-4,8,14H,5H2/t8-/m0/s1. The molecule has 0 amide bonds. The highest BCUT2D eigenvalue weighted by atomic mass is 19.4. The van der Waals surface area contributed by atoms with Gasteiger partial charge in [-0.3, -0.25) is 0 Å². The first-order valence-corrected chi connectivity index (χ1v) is 3.86. The van der Waals surface area contributed by atoms with Gasteiger partial charge in [0, 0.05) is 0 Å². The van der Waals surface area contributed by atoms with Crippen molar-refractivity contribution in [2.24, 2.45) is 0 Å². The first-order valence-electron chi connectivity index (χ1n) is 3.86. The first kappa shape index (κ1) is 11.0. The summed E-state index contributed by atoms with van der Waals surface area (Å²) in [6.45, 7) is -1.01. The molecule has 1 rings (SSSR count). The summed E-state index contributed by atoms with van der Waals surface area (Å²) >= 11 is 0. The number of alkyl halides is 4. The molecular weight excluding hydrogens is 200 g/mol. The fraction of sp³-hybridized carbons (Fsp3) is 0.333. The zero-order valence-corrected chi connectivity index (χ0v) is 7.05. The molecule has 0 saturated heterocycles. The Labute approximate surface area is 78.0 Å². The van der Waals surface area contributed by atoms with Crippen LogP contribution in [0.1, 0.15) is 17.2 Å². The lowest BCUT2D eigenvalue weighted by Gasteiger charge is -2.09. The van der Waals surface area contributed by atoms with E-state index in [0.717, 1.165) is 24.3 Å². The van der Waals surface area contributed by atoms with Gasteiger partial charge in [0.1, 0.15) is 12.8 Å². The Morgan fingerprint density at radius 2 is 1.64 bits per heavy atom. The Morgan fingerprint density at radius 3 is 2.00 bits per heavy atom. The molecule has 0 aliphatic carbocycles. The van der Waals surface area contributed by atoms with Crippen molar-refractivity contribution in [2.75, 3.05) is 6.67 Å². The molecule has 1 atom stereocenters. The van der Waals surface area contributed by atoms with Crippen molar-refractivity contribution < 1.29 is 22.7 Å². The molecule has 1 N–H and O–H groups in total. The second-order valence-electron chi connectivity index (χ2n) is 2.79. The van der Waals surface area contributed by atoms with Crippen molar-refractivity contribution in [1.29, 1.82) is 0 Å². The minimum Gasteiger partial charge on any atom is -0.386 e. The molecule has 14 heavy (non-hydrogen) atoms. The van der Waals surface area contributed by atoms with Crippen molar-refractivity contribution >= 4 is 0 Å². The quantitative estimate of drug-likeness (QED) is 0.741. The molecule has 0 saturated carbocycles. The van der Waals surface area contributed by atoms with Crippen LogP contribution in [0.5, 0.6) is 0 Å². The van der Waals surface area contributed by atoms with E-state index in [1.54, 1.807) is 0 Å². The summed E-state index contributed by atoms with van der Waals surface area (Å²) in [6.07, 6.45) is -5.75. The van der Waals surface area contributed by atoms with Crippen LogP contribution < -0.4 is 0 Å². The highest BCUT2D eigenvalue weighted by molar-refractivity contribution is 5.25. The Balaban J connectivity index is 2.89. The van der Waals surface area contributed by atoms with Crippen LogP contribution in [0.2, 0.25) is 0 Å². The minimum absolute atomic E-state index is 0.139. The monoisotopic (exact) mass is 208 g/mol. The van der Waals surface area contributed by atoms with Crippen molar-refractivity contribution in [3.8, 4) is 0 Å². The van der Waals surface area contributed by atoms with Crippen LogP contribution in [0.25, 0.3) is 0 Å². The summed E-state index contributed by atoms with van der Waals surface area (Å²) in [5, 5.41) is 8.97. The van der Waals surface area contributed by atoms with Gasteiger partial charge in [0.2, 0.25) is 0 Å². The number of hydrogen-bond donors (Lipinski definition) is 1. The van der Waals surface area contributed by atoms with Crippen molar-refractivity contribution in [2.45, 2.75) is 12.3 Å². The molecule has 78 valence electrons. The Morgan fingerprint density at radius 1 is 1.14 bits per heavy atom. The molecule has 0 heterocycles. The molecule has 0 bridgehead atoms. The average molecular weight is 208 g/mol. The van der Waals surface area contributed by atoms with Crippen LogP contribution >= 0.6 is 0 Å². The molecule has 0 aromatic heterocycles. The molecule has 1 nitrogen and oxygen atoms in total. The summed E-state index contributed by atoms with van der Waals surface area (Å²) in [6, 6.07) is 3.75. The average Bonchev–Trinajstić information content (AvgIpc) is 2.15. The molecule has 0 radical (unpaired) electrons. The zero-order valence-electron chi connectivity index (χ0n) is 7.05. The molecule has 1 aromatic rings. The maximum absolute atomic E-state index is 12.1. The highest BCUT2D eigenvalue weighted by Crippen LogP contribution is 2.29. The molecule has 1 aromatic carbocycles. The fourth-order valence-corrected chi connectivity index (χ4v) is 0.983. The molecular formula is C9H8F4O. The van der Waals surface area contributed by atoms with Gasteiger partial charge in [0.15, 0.2) is 0 Å². The third-order valence-electron chi connectivity index (χ3n) is 1.77. The SMILES string of the molecule is O[C@@H](CF)c1ccc(C(F)(F)F)cc1. The second kappa shape index (κ2) is 3.96. The predicted molar refractivity (Wildman–Crippen MR) is 42.4 cm³/mol. The number of benzene rings is 1. The van der Waals surface area contributed by atoms with Gasteiger partial charge in [-0.2, -0.15) is 13.2 Å². The summed E-state index contributed by atoms with van der Waals surface area (Å²) < 4.78 is 48.1. The van der Waals surface area contributed by atoms with E-state index in [0.29, 0.717) is 0 Å². The van der Waals surface area contributed by atoms with E-state index in [9.17, 15) is 17.6 Å². The third-order valence-corrected chi connectivity index (χ3v) is 1.77. The number of rotatable bonds is 2. The second-order valence-corrected chi connectivity index (χ2v) is 2.79. The van der Waals surface area contributed by atoms with Crippen LogP contribution in [-0.2, 0) is 6.18 Å². The minimum atomic E-state index is -4.40. The van der Waals surface area contributed by atoms with E-state index in [1.807, 2.05) is 0 Å². The molecule has 0 aliphatic heterocycles. The smallest absolute Gasteiger partial charge is 0.386 e. The lowest BCUT2D eigenvalue weighted by atomic mass is 10.1. The van der Waals surface area contributed by atoms with E-state index in [-0.39, 0.29) is 5.56 Å². The topological polar surface area (TPSA) is 20.2 Å². The maximum atomic E-state index is 12.1. The van der Waals surface area contributed by atoms with E-state index in [4.69, 9.17) is 5.11 Å². The Kier molecular flexibility index (Phi) is 3.10. The number of halogens is 4. The highest BCUT2D eigenvalue weighted by Gasteiger charge is 2.30. The van der Waals surface area contributed by atoms with Crippen LogP contribution in [0.3, 0.4) is 0 Å². The van der Waals surface area contributed by atoms with E-state index in [1.165, 1.54) is 0 Å². The molecule has 0 spiro atoms. The predicted octanol–water partition coefficient (Wildman–Crippen LogP) is 2.71. The van der Waals surface area contributed by atoms with E-state index < -0.39 is 24.5 Å². The van der Waals surface area contributed by atoms with E-state index >= 15 is 0 Å². The van der Waals surface area contributed by atoms with E-state index in [2.05, 4.69) is 0 Å². The van der Waals surface area contributed by atoms with Gasteiger partial charge in [-0.1, -0.05) is 12.1 Å². The van der Waals surface area contributed by atoms with Gasteiger partial charge in [0.25, 0.3) is 0 Å². The lowest BCUT2D eigenvalue weighted by molar-refractivity contribution is -0.137. The van der Waals surface area contributed by atoms with Gasteiger partial charge in [0.05, 0.1) is 5.56 Å². The van der Waals surface area contributed by atoms with Crippen molar-refractivity contribution in [1.82, 2.24) is 0 Å². The number of aliphatic hydroxyl groups excluding tert-OH is 1. The van der Waals surface area contributed by atoms with Crippen LogP contribution in [0.15, 0.2) is 24.3 Å². The number of hydrogen-bond acceptors (Lipinski definition) is 1. The lowest BCUT2D eigenvalue weighted by Crippen LogP contribution is -2.06. The maximum Gasteiger partial charge on any atom is 0.416 e. The van der Waals surface area contributed by atoms with Crippen LogP contribution in [0.4, 0.5) is 17.6 Å². The zero-order chi connectivity index (χ0) is 10.8. The van der Waals surface area contributed by atoms with Gasteiger partial charge in [-0.25, -0.2) is 4.39 Å². The fourth-order valence-electron chi connectivity index (χ4n) is 0.983.